The molecule has 0 N–H and O–H groups in total. The Morgan fingerprint density at radius 1 is 0.333 bits per heavy atom. The monoisotopic (exact) mass is 416 g/mol. The van der Waals surface area contributed by atoms with Gasteiger partial charge in [-0.25, -0.2) is 0 Å². The largest absolute Gasteiger partial charge is 0.0654 e. The molecule has 0 aromatic carbocycles. The number of rotatable bonds is 12. The highest BCUT2D eigenvalue weighted by molar-refractivity contribution is 4.78. The summed E-state index contributed by atoms with van der Waals surface area (Å²) >= 11 is 0. The van der Waals surface area contributed by atoms with E-state index in [1.807, 2.05) is 0 Å². The van der Waals surface area contributed by atoms with Crippen LogP contribution in [-0.2, 0) is 0 Å². The molecule has 3 fully saturated rings. The SMILES string of the molecule is CCCCCC1CCC(CCC2CCC(CCC3CCC(CCC)CC3)CC2)CC1. The van der Waals surface area contributed by atoms with Crippen molar-refractivity contribution in [3.63, 3.8) is 0 Å². The summed E-state index contributed by atoms with van der Waals surface area (Å²) in [7, 11) is 0. The highest BCUT2D eigenvalue weighted by Gasteiger charge is 2.26. The van der Waals surface area contributed by atoms with Crippen LogP contribution >= 0.6 is 0 Å². The molecule has 0 unspecified atom stereocenters. The Labute approximate surface area is 190 Å². The third-order valence-corrected chi connectivity index (χ3v) is 9.78. The lowest BCUT2D eigenvalue weighted by Gasteiger charge is -2.33. The molecule has 0 spiro atoms. The summed E-state index contributed by atoms with van der Waals surface area (Å²) in [4.78, 5) is 0. The number of unbranched alkanes of at least 4 members (excludes halogenated alkanes) is 2. The van der Waals surface area contributed by atoms with Crippen LogP contribution in [0.4, 0.5) is 0 Å². The highest BCUT2D eigenvalue weighted by atomic mass is 14.3. The Hall–Kier alpha value is 0. The molecule has 3 rings (SSSR count). The van der Waals surface area contributed by atoms with Crippen LogP contribution in [0.1, 0.15) is 155 Å². The number of hydrogen-bond acceptors (Lipinski definition) is 0. The molecule has 3 aliphatic carbocycles. The van der Waals surface area contributed by atoms with Crippen molar-refractivity contribution < 1.29 is 0 Å². The first-order valence-electron chi connectivity index (χ1n) is 14.8. The maximum absolute atomic E-state index is 2.36. The van der Waals surface area contributed by atoms with E-state index < -0.39 is 0 Å². The third kappa shape index (κ3) is 8.86. The van der Waals surface area contributed by atoms with Crippen LogP contribution in [0.2, 0.25) is 0 Å². The molecule has 0 heteroatoms. The maximum Gasteiger partial charge on any atom is -0.0414 e. The van der Waals surface area contributed by atoms with E-state index in [1.54, 1.807) is 103 Å². The van der Waals surface area contributed by atoms with E-state index in [4.69, 9.17) is 0 Å². The normalized spacial score (nSPS) is 35.4. The minimum absolute atomic E-state index is 1.08. The fourth-order valence-corrected chi connectivity index (χ4v) is 7.46. The molecule has 0 aromatic heterocycles. The fourth-order valence-electron chi connectivity index (χ4n) is 7.46. The summed E-state index contributed by atoms with van der Waals surface area (Å²) in [5.74, 6) is 6.53. The summed E-state index contributed by atoms with van der Waals surface area (Å²) in [6.45, 7) is 4.70. The van der Waals surface area contributed by atoms with Gasteiger partial charge in [-0.15, -0.1) is 0 Å². The molecular weight excluding hydrogens is 360 g/mol. The van der Waals surface area contributed by atoms with Gasteiger partial charge in [-0.05, 0) is 35.5 Å². The van der Waals surface area contributed by atoms with Crippen LogP contribution in [0.3, 0.4) is 0 Å². The van der Waals surface area contributed by atoms with E-state index in [0.717, 1.165) is 35.5 Å². The van der Waals surface area contributed by atoms with Crippen LogP contribution in [0.25, 0.3) is 0 Å². The minimum Gasteiger partial charge on any atom is -0.0654 e. The molecule has 0 saturated heterocycles. The lowest BCUT2D eigenvalue weighted by atomic mass is 9.73. The third-order valence-electron chi connectivity index (χ3n) is 9.78. The average molecular weight is 417 g/mol. The van der Waals surface area contributed by atoms with Crippen molar-refractivity contribution in [1.82, 2.24) is 0 Å². The van der Waals surface area contributed by atoms with Gasteiger partial charge in [0.25, 0.3) is 0 Å². The Kier molecular flexibility index (Phi) is 11.7. The zero-order valence-corrected chi connectivity index (χ0v) is 21.0. The standard InChI is InChI=1S/C30H56/c1-3-5-6-8-26-11-15-28(16-12-26)18-20-30-23-21-29(22-24-30)19-17-27-13-9-25(7-4-2)10-14-27/h25-30H,3-24H2,1-2H3. The molecule has 0 atom stereocenters. The van der Waals surface area contributed by atoms with Crippen molar-refractivity contribution in [1.29, 1.82) is 0 Å². The van der Waals surface area contributed by atoms with Crippen molar-refractivity contribution in [2.45, 2.75) is 155 Å². The molecule has 0 aromatic rings. The van der Waals surface area contributed by atoms with Gasteiger partial charge in [0.15, 0.2) is 0 Å². The Balaban J connectivity index is 1.19. The van der Waals surface area contributed by atoms with E-state index in [0.29, 0.717) is 0 Å². The average Bonchev–Trinajstić information content (AvgIpc) is 2.79. The Morgan fingerprint density at radius 2 is 0.633 bits per heavy atom. The smallest absolute Gasteiger partial charge is 0.0414 e. The van der Waals surface area contributed by atoms with E-state index in [2.05, 4.69) is 13.8 Å². The Morgan fingerprint density at radius 3 is 0.933 bits per heavy atom. The lowest BCUT2D eigenvalue weighted by Crippen LogP contribution is -2.19. The predicted octanol–water partition coefficient (Wildman–Crippen LogP) is 10.3. The van der Waals surface area contributed by atoms with Gasteiger partial charge in [0, 0.05) is 0 Å². The van der Waals surface area contributed by atoms with Gasteiger partial charge in [0.05, 0.1) is 0 Å². The molecule has 0 heterocycles. The molecule has 0 amide bonds. The molecular formula is C30H56. The van der Waals surface area contributed by atoms with Gasteiger partial charge < -0.3 is 0 Å². The second-order valence-corrected chi connectivity index (χ2v) is 12.1. The van der Waals surface area contributed by atoms with E-state index in [9.17, 15) is 0 Å². The molecule has 0 nitrogen and oxygen atoms in total. The van der Waals surface area contributed by atoms with Crippen molar-refractivity contribution in [3.05, 3.63) is 0 Å². The molecule has 3 aliphatic rings. The van der Waals surface area contributed by atoms with E-state index in [1.165, 1.54) is 38.5 Å². The summed E-state index contributed by atoms with van der Waals surface area (Å²) in [6.07, 6.45) is 33.8. The van der Waals surface area contributed by atoms with Gasteiger partial charge in [0.2, 0.25) is 0 Å². The first-order chi connectivity index (χ1) is 14.8. The quantitative estimate of drug-likeness (QED) is 0.277. The van der Waals surface area contributed by atoms with Crippen LogP contribution in [0.15, 0.2) is 0 Å². The van der Waals surface area contributed by atoms with Gasteiger partial charge >= 0.3 is 0 Å². The molecule has 0 bridgehead atoms. The van der Waals surface area contributed by atoms with Crippen LogP contribution in [0, 0.1) is 35.5 Å². The van der Waals surface area contributed by atoms with Crippen LogP contribution < -0.4 is 0 Å². The molecule has 3 saturated carbocycles. The zero-order chi connectivity index (χ0) is 21.0. The summed E-state index contributed by atoms with van der Waals surface area (Å²) < 4.78 is 0. The van der Waals surface area contributed by atoms with Crippen molar-refractivity contribution >= 4 is 0 Å². The zero-order valence-electron chi connectivity index (χ0n) is 21.0. The topological polar surface area (TPSA) is 0 Å². The predicted molar refractivity (Wildman–Crippen MR) is 134 cm³/mol. The van der Waals surface area contributed by atoms with Gasteiger partial charge in [-0.3, -0.25) is 0 Å². The highest BCUT2D eigenvalue weighted by Crippen LogP contribution is 2.40. The van der Waals surface area contributed by atoms with Crippen molar-refractivity contribution in [3.8, 4) is 0 Å². The molecule has 0 radical (unpaired) electrons. The molecule has 30 heavy (non-hydrogen) atoms. The van der Waals surface area contributed by atoms with Crippen LogP contribution in [-0.4, -0.2) is 0 Å². The van der Waals surface area contributed by atoms with E-state index >= 15 is 0 Å². The fraction of sp³-hybridized carbons (Fsp3) is 1.00. The van der Waals surface area contributed by atoms with Crippen molar-refractivity contribution in [2.75, 3.05) is 0 Å². The summed E-state index contributed by atoms with van der Waals surface area (Å²) in [5, 5.41) is 0. The molecule has 176 valence electrons. The maximum atomic E-state index is 2.36. The second-order valence-electron chi connectivity index (χ2n) is 12.1. The van der Waals surface area contributed by atoms with E-state index in [-0.39, 0.29) is 0 Å². The number of hydrogen-bond donors (Lipinski definition) is 0. The minimum atomic E-state index is 1.08. The van der Waals surface area contributed by atoms with Crippen molar-refractivity contribution in [2.24, 2.45) is 35.5 Å². The first-order valence-corrected chi connectivity index (χ1v) is 14.8. The Bertz CT molecular complexity index is 402. The van der Waals surface area contributed by atoms with Crippen LogP contribution in [0.5, 0.6) is 0 Å². The van der Waals surface area contributed by atoms with Gasteiger partial charge in [-0.2, -0.15) is 0 Å². The lowest BCUT2D eigenvalue weighted by molar-refractivity contribution is 0.194. The van der Waals surface area contributed by atoms with Gasteiger partial charge in [0.1, 0.15) is 0 Å². The second kappa shape index (κ2) is 14.2. The molecule has 0 aliphatic heterocycles. The summed E-state index contributed by atoms with van der Waals surface area (Å²) in [5.41, 5.74) is 0. The van der Waals surface area contributed by atoms with Gasteiger partial charge in [-0.1, -0.05) is 155 Å². The first kappa shape index (κ1) is 24.6. The summed E-state index contributed by atoms with van der Waals surface area (Å²) in [6, 6.07) is 0.